The molecule has 0 amide bonds. The van der Waals surface area contributed by atoms with Crippen molar-refractivity contribution in [3.05, 3.63) is 21.3 Å². The monoisotopic (exact) mass is 308 g/mol. The molecule has 1 atom stereocenters. The van der Waals surface area contributed by atoms with Gasteiger partial charge >= 0.3 is 0 Å². The van der Waals surface area contributed by atoms with Gasteiger partial charge in [-0.25, -0.2) is 4.98 Å². The molecule has 0 bridgehead atoms. The summed E-state index contributed by atoms with van der Waals surface area (Å²) in [6, 6.07) is 1.89. The maximum absolute atomic E-state index is 9.12. The van der Waals surface area contributed by atoms with Crippen molar-refractivity contribution in [3.63, 3.8) is 0 Å². The summed E-state index contributed by atoms with van der Waals surface area (Å²) in [5.74, 6) is 0.671. The van der Waals surface area contributed by atoms with Gasteiger partial charge in [0, 0.05) is 19.2 Å². The highest BCUT2D eigenvalue weighted by Gasteiger charge is 2.25. The Morgan fingerprint density at radius 1 is 1.28 bits per heavy atom. The van der Waals surface area contributed by atoms with Crippen LogP contribution in [-0.2, 0) is 0 Å². The standard InChI is InChI=1S/C12H15Cl3N2O/c13-9-7-10(14)12(16-11(9)15)17-5-2-1-3-8(17)4-6-18/h7-8,18H,1-6H2. The molecular weight excluding hydrogens is 295 g/mol. The number of halogens is 3. The van der Waals surface area contributed by atoms with Gasteiger partial charge in [-0.05, 0) is 31.7 Å². The fraction of sp³-hybridized carbons (Fsp3) is 0.583. The van der Waals surface area contributed by atoms with Crippen molar-refractivity contribution in [2.45, 2.75) is 31.7 Å². The van der Waals surface area contributed by atoms with Crippen LogP contribution in [0, 0.1) is 0 Å². The van der Waals surface area contributed by atoms with Crippen LogP contribution in [0.4, 0.5) is 5.82 Å². The van der Waals surface area contributed by atoms with E-state index in [0.29, 0.717) is 15.9 Å². The first-order valence-electron chi connectivity index (χ1n) is 6.02. The summed E-state index contributed by atoms with van der Waals surface area (Å²) in [5, 5.41) is 10.3. The molecule has 0 radical (unpaired) electrons. The Bertz CT molecular complexity index is 426. The van der Waals surface area contributed by atoms with Gasteiger partial charge in [-0.2, -0.15) is 0 Å². The van der Waals surface area contributed by atoms with E-state index >= 15 is 0 Å². The molecule has 1 aromatic heterocycles. The molecular formula is C12H15Cl3N2O. The van der Waals surface area contributed by atoms with Gasteiger partial charge in [0.1, 0.15) is 11.0 Å². The summed E-state index contributed by atoms with van der Waals surface area (Å²) in [6.07, 6.45) is 4.03. The van der Waals surface area contributed by atoms with Crippen LogP contribution in [0.1, 0.15) is 25.7 Å². The Morgan fingerprint density at radius 2 is 2.06 bits per heavy atom. The Labute approximate surface area is 122 Å². The van der Waals surface area contributed by atoms with E-state index in [4.69, 9.17) is 39.9 Å². The second-order valence-electron chi connectivity index (χ2n) is 4.42. The van der Waals surface area contributed by atoms with E-state index in [2.05, 4.69) is 9.88 Å². The van der Waals surface area contributed by atoms with Gasteiger partial charge in [0.15, 0.2) is 0 Å². The fourth-order valence-electron chi connectivity index (χ4n) is 2.37. The van der Waals surface area contributed by atoms with Crippen LogP contribution < -0.4 is 4.90 Å². The predicted molar refractivity (Wildman–Crippen MR) is 76.0 cm³/mol. The highest BCUT2D eigenvalue weighted by atomic mass is 35.5. The zero-order valence-electron chi connectivity index (χ0n) is 9.87. The SMILES string of the molecule is OCCC1CCCCN1c1nc(Cl)c(Cl)cc1Cl. The largest absolute Gasteiger partial charge is 0.396 e. The third kappa shape index (κ3) is 3.02. The summed E-state index contributed by atoms with van der Waals surface area (Å²) in [6.45, 7) is 1.05. The van der Waals surface area contributed by atoms with Crippen LogP contribution in [0.5, 0.6) is 0 Å². The molecule has 1 aliphatic heterocycles. The zero-order chi connectivity index (χ0) is 13.1. The Kier molecular flexibility index (Phi) is 4.96. The van der Waals surface area contributed by atoms with E-state index < -0.39 is 0 Å². The lowest BCUT2D eigenvalue weighted by Gasteiger charge is -2.37. The fourth-order valence-corrected chi connectivity index (χ4v) is 2.97. The molecule has 100 valence electrons. The van der Waals surface area contributed by atoms with Crippen LogP contribution in [0.3, 0.4) is 0 Å². The number of rotatable bonds is 3. The highest BCUT2D eigenvalue weighted by molar-refractivity contribution is 6.42. The van der Waals surface area contributed by atoms with Crippen molar-refractivity contribution in [1.29, 1.82) is 0 Å². The molecule has 2 rings (SSSR count). The smallest absolute Gasteiger partial charge is 0.150 e. The van der Waals surface area contributed by atoms with Crippen molar-refractivity contribution < 1.29 is 5.11 Å². The summed E-state index contributed by atoms with van der Waals surface area (Å²) in [4.78, 5) is 6.40. The first-order valence-corrected chi connectivity index (χ1v) is 7.16. The summed E-state index contributed by atoms with van der Waals surface area (Å²) >= 11 is 18.0. The molecule has 1 aliphatic rings. The summed E-state index contributed by atoms with van der Waals surface area (Å²) in [5.41, 5.74) is 0. The minimum atomic E-state index is 0.167. The van der Waals surface area contributed by atoms with E-state index in [1.165, 1.54) is 6.42 Å². The van der Waals surface area contributed by atoms with E-state index in [-0.39, 0.29) is 17.8 Å². The van der Waals surface area contributed by atoms with E-state index in [1.54, 1.807) is 6.07 Å². The number of aliphatic hydroxyl groups is 1. The number of anilines is 1. The Morgan fingerprint density at radius 3 is 2.78 bits per heavy atom. The molecule has 1 aromatic rings. The summed E-state index contributed by atoms with van der Waals surface area (Å²) in [7, 11) is 0. The highest BCUT2D eigenvalue weighted by Crippen LogP contribution is 2.34. The quantitative estimate of drug-likeness (QED) is 0.863. The van der Waals surface area contributed by atoms with Crippen molar-refractivity contribution in [2.75, 3.05) is 18.1 Å². The average Bonchev–Trinajstić information content (AvgIpc) is 2.35. The van der Waals surface area contributed by atoms with Crippen LogP contribution in [0.2, 0.25) is 15.2 Å². The van der Waals surface area contributed by atoms with Gasteiger partial charge in [-0.1, -0.05) is 34.8 Å². The lowest BCUT2D eigenvalue weighted by molar-refractivity contribution is 0.262. The number of piperidine rings is 1. The van der Waals surface area contributed by atoms with Crippen LogP contribution in [0.25, 0.3) is 0 Å². The number of aromatic nitrogens is 1. The van der Waals surface area contributed by atoms with Crippen LogP contribution in [0.15, 0.2) is 6.07 Å². The number of pyridine rings is 1. The zero-order valence-corrected chi connectivity index (χ0v) is 12.1. The van der Waals surface area contributed by atoms with Gasteiger partial charge in [-0.15, -0.1) is 0 Å². The minimum Gasteiger partial charge on any atom is -0.396 e. The normalized spacial score (nSPS) is 20.2. The minimum absolute atomic E-state index is 0.167. The molecule has 6 heteroatoms. The average molecular weight is 310 g/mol. The number of aliphatic hydroxyl groups excluding tert-OH is 1. The van der Waals surface area contributed by atoms with Gasteiger partial charge in [0.25, 0.3) is 0 Å². The maximum atomic E-state index is 9.12. The molecule has 0 spiro atoms. The molecule has 1 fully saturated rings. The van der Waals surface area contributed by atoms with E-state index in [0.717, 1.165) is 25.8 Å². The second kappa shape index (κ2) is 6.29. The third-order valence-electron chi connectivity index (χ3n) is 3.23. The molecule has 0 aromatic carbocycles. The van der Waals surface area contributed by atoms with Gasteiger partial charge in [0.2, 0.25) is 0 Å². The number of nitrogens with zero attached hydrogens (tertiary/aromatic N) is 2. The van der Waals surface area contributed by atoms with Crippen molar-refractivity contribution in [1.82, 2.24) is 4.98 Å². The first-order chi connectivity index (χ1) is 8.63. The Balaban J connectivity index is 2.30. The van der Waals surface area contributed by atoms with E-state index in [1.807, 2.05) is 0 Å². The molecule has 2 heterocycles. The van der Waals surface area contributed by atoms with Gasteiger partial charge < -0.3 is 10.0 Å². The number of hydrogen-bond acceptors (Lipinski definition) is 3. The third-order valence-corrected chi connectivity index (χ3v) is 4.18. The summed E-state index contributed by atoms with van der Waals surface area (Å²) < 4.78 is 0. The topological polar surface area (TPSA) is 36.4 Å². The molecule has 1 saturated heterocycles. The first kappa shape index (κ1) is 14.2. The van der Waals surface area contributed by atoms with Crippen LogP contribution in [-0.4, -0.2) is 29.3 Å². The lowest BCUT2D eigenvalue weighted by atomic mass is 9.99. The molecule has 18 heavy (non-hydrogen) atoms. The van der Waals surface area contributed by atoms with Gasteiger partial charge in [-0.3, -0.25) is 0 Å². The predicted octanol–water partition coefficient (Wildman–Crippen LogP) is 3.78. The van der Waals surface area contributed by atoms with Crippen LogP contribution >= 0.6 is 34.8 Å². The van der Waals surface area contributed by atoms with Gasteiger partial charge in [0.05, 0.1) is 10.0 Å². The molecule has 0 saturated carbocycles. The maximum Gasteiger partial charge on any atom is 0.150 e. The number of hydrogen-bond donors (Lipinski definition) is 1. The second-order valence-corrected chi connectivity index (χ2v) is 5.59. The molecule has 1 unspecified atom stereocenters. The molecule has 0 aliphatic carbocycles. The lowest BCUT2D eigenvalue weighted by Crippen LogP contribution is -2.40. The van der Waals surface area contributed by atoms with E-state index in [9.17, 15) is 0 Å². The van der Waals surface area contributed by atoms with Crippen molar-refractivity contribution in [3.8, 4) is 0 Å². The molecule has 1 N–H and O–H groups in total. The molecule has 3 nitrogen and oxygen atoms in total. The van der Waals surface area contributed by atoms with Crippen molar-refractivity contribution in [2.24, 2.45) is 0 Å². The Hall–Kier alpha value is -0.220. The van der Waals surface area contributed by atoms with Crippen molar-refractivity contribution >= 4 is 40.6 Å².